The molecule has 5 heteroatoms. The summed E-state index contributed by atoms with van der Waals surface area (Å²) in [5.74, 6) is 0. The summed E-state index contributed by atoms with van der Waals surface area (Å²) in [7, 11) is 0. The molecule has 4 nitrogen and oxygen atoms in total. The number of hydrogen-bond donors (Lipinski definition) is 0. The second kappa shape index (κ2) is 13.6. The molecular formula is C22H40N2O2Sn. The van der Waals surface area contributed by atoms with E-state index in [1.807, 2.05) is 18.4 Å². The van der Waals surface area contributed by atoms with Gasteiger partial charge in [-0.2, -0.15) is 0 Å². The van der Waals surface area contributed by atoms with E-state index in [4.69, 9.17) is 9.47 Å². The van der Waals surface area contributed by atoms with Crippen molar-refractivity contribution in [2.75, 3.05) is 13.2 Å². The van der Waals surface area contributed by atoms with E-state index < -0.39 is 24.8 Å². The molecular weight excluding hydrogens is 443 g/mol. The third-order valence-electron chi connectivity index (χ3n) is 5.45. The average Bonchev–Trinajstić information content (AvgIpc) is 3.12. The molecule has 0 spiro atoms. The van der Waals surface area contributed by atoms with Gasteiger partial charge < -0.3 is 0 Å². The van der Waals surface area contributed by atoms with Gasteiger partial charge in [-0.05, 0) is 0 Å². The van der Waals surface area contributed by atoms with Crippen molar-refractivity contribution in [1.29, 1.82) is 5.26 Å². The van der Waals surface area contributed by atoms with Gasteiger partial charge in [0.1, 0.15) is 0 Å². The van der Waals surface area contributed by atoms with Crippen molar-refractivity contribution in [3.05, 3.63) is 18.0 Å². The molecule has 0 fully saturated rings. The van der Waals surface area contributed by atoms with E-state index in [1.54, 1.807) is 0 Å². The topological polar surface area (TPSA) is 47.2 Å². The summed E-state index contributed by atoms with van der Waals surface area (Å²) in [5.41, 5.74) is 0.683. The van der Waals surface area contributed by atoms with Crippen LogP contribution in [0.3, 0.4) is 0 Å². The minimum absolute atomic E-state index is 0.490. The Bertz CT molecular complexity index is 537. The Morgan fingerprint density at radius 2 is 1.41 bits per heavy atom. The number of rotatable bonds is 15. The first kappa shape index (κ1) is 24.5. The molecule has 0 atom stereocenters. The second-order valence-electron chi connectivity index (χ2n) is 7.44. The zero-order valence-corrected chi connectivity index (χ0v) is 21.1. The Balaban J connectivity index is 3.35. The molecule has 154 valence electrons. The monoisotopic (exact) mass is 484 g/mol. The van der Waals surface area contributed by atoms with E-state index in [0.29, 0.717) is 18.9 Å². The van der Waals surface area contributed by atoms with Crippen LogP contribution in [0.4, 0.5) is 0 Å². The van der Waals surface area contributed by atoms with Crippen LogP contribution in [0.1, 0.15) is 85.3 Å². The van der Waals surface area contributed by atoms with Crippen LogP contribution < -0.4 is 3.58 Å². The van der Waals surface area contributed by atoms with Crippen LogP contribution in [-0.2, 0) is 9.47 Å². The maximum atomic E-state index is 9.75. The molecule has 1 rings (SSSR count). The van der Waals surface area contributed by atoms with E-state index in [1.165, 1.54) is 55.4 Å². The first-order chi connectivity index (χ1) is 13.1. The molecule has 0 radical (unpaired) electrons. The van der Waals surface area contributed by atoms with Crippen molar-refractivity contribution < 1.29 is 9.47 Å². The van der Waals surface area contributed by atoms with Crippen LogP contribution >= 0.6 is 0 Å². The zero-order chi connectivity index (χ0) is 20.1. The van der Waals surface area contributed by atoms with Gasteiger partial charge in [0.05, 0.1) is 0 Å². The normalized spacial score (nSPS) is 11.9. The van der Waals surface area contributed by atoms with Gasteiger partial charge >= 0.3 is 171 Å². The van der Waals surface area contributed by atoms with Gasteiger partial charge in [-0.3, -0.25) is 0 Å². The molecule has 0 aliphatic rings. The summed E-state index contributed by atoms with van der Waals surface area (Å²) in [6, 6.07) is 4.57. The molecule has 0 aliphatic carbocycles. The Kier molecular flexibility index (Phi) is 12.4. The third-order valence-corrected chi connectivity index (χ3v) is 20.9. The molecule has 0 saturated carbocycles. The number of nitriles is 1. The van der Waals surface area contributed by atoms with Crippen molar-refractivity contribution in [3.8, 4) is 6.07 Å². The SMILES string of the molecule is CCC[CH2][Sn]([CH2]CCC)([CH2]CCC)[c]1cc(C#N)n(C(OCC)OCC)c1. The van der Waals surface area contributed by atoms with Crippen LogP contribution in [0.2, 0.25) is 13.3 Å². The molecule has 0 saturated heterocycles. The van der Waals surface area contributed by atoms with E-state index in [9.17, 15) is 5.26 Å². The first-order valence-corrected chi connectivity index (χ1v) is 18.5. The summed E-state index contributed by atoms with van der Waals surface area (Å²) < 4.78 is 19.2. The van der Waals surface area contributed by atoms with Crippen molar-refractivity contribution in [2.45, 2.75) is 92.9 Å². The summed E-state index contributed by atoms with van der Waals surface area (Å²) >= 11 is -2.55. The standard InChI is InChI=1S/C10H13N2O2.3C4H9.Sn/c1-3-13-10(14-4-2)12-7-5-6-9(12)8-11;3*1-3-4-2;/h6-7,10H,3-4H2,1-2H3;3*1,3-4H2,2H3;. The zero-order valence-electron chi connectivity index (χ0n) is 18.2. The molecule has 27 heavy (non-hydrogen) atoms. The van der Waals surface area contributed by atoms with Gasteiger partial charge in [0.2, 0.25) is 0 Å². The second-order valence-corrected chi connectivity index (χ2v) is 20.7. The van der Waals surface area contributed by atoms with E-state index in [-0.39, 0.29) is 0 Å². The maximum absolute atomic E-state index is 9.75. The Morgan fingerprint density at radius 3 is 1.78 bits per heavy atom. The number of ether oxygens (including phenoxy) is 2. The predicted octanol–water partition coefficient (Wildman–Crippen LogP) is 5.94. The number of aromatic nitrogens is 1. The van der Waals surface area contributed by atoms with Crippen molar-refractivity contribution >= 4 is 22.0 Å². The molecule has 0 aromatic carbocycles. The van der Waals surface area contributed by atoms with E-state index in [2.05, 4.69) is 39.1 Å². The summed E-state index contributed by atoms with van der Waals surface area (Å²) in [6.45, 7) is 12.0. The molecule has 1 aromatic rings. The molecule has 0 aliphatic heterocycles. The van der Waals surface area contributed by atoms with Crippen LogP contribution in [0.15, 0.2) is 12.3 Å². The Hall–Kier alpha value is -0.511. The molecule has 0 amide bonds. The van der Waals surface area contributed by atoms with Gasteiger partial charge in [0, 0.05) is 0 Å². The summed E-state index contributed by atoms with van der Waals surface area (Å²) in [4.78, 5) is 0. The quantitative estimate of drug-likeness (QED) is 0.229. The van der Waals surface area contributed by atoms with Crippen molar-refractivity contribution in [2.24, 2.45) is 0 Å². The van der Waals surface area contributed by atoms with Crippen molar-refractivity contribution in [3.63, 3.8) is 0 Å². The fourth-order valence-electron chi connectivity index (χ4n) is 3.88. The van der Waals surface area contributed by atoms with Gasteiger partial charge in [-0.25, -0.2) is 0 Å². The van der Waals surface area contributed by atoms with Gasteiger partial charge in [-0.1, -0.05) is 0 Å². The van der Waals surface area contributed by atoms with Gasteiger partial charge in [0.15, 0.2) is 0 Å². The molecule has 0 bridgehead atoms. The van der Waals surface area contributed by atoms with E-state index >= 15 is 0 Å². The number of unbranched alkanes of at least 4 members (excludes halogenated alkanes) is 3. The van der Waals surface area contributed by atoms with Gasteiger partial charge in [-0.15, -0.1) is 0 Å². The van der Waals surface area contributed by atoms with Crippen LogP contribution in [0, 0.1) is 11.3 Å². The predicted molar refractivity (Wildman–Crippen MR) is 116 cm³/mol. The molecule has 1 aromatic heterocycles. The van der Waals surface area contributed by atoms with Crippen molar-refractivity contribution in [1.82, 2.24) is 4.57 Å². The molecule has 0 N–H and O–H groups in total. The minimum atomic E-state index is -2.55. The average molecular weight is 483 g/mol. The van der Waals surface area contributed by atoms with E-state index in [0.717, 1.165) is 0 Å². The third kappa shape index (κ3) is 7.11. The van der Waals surface area contributed by atoms with Crippen LogP contribution in [0.25, 0.3) is 0 Å². The van der Waals surface area contributed by atoms with Crippen LogP contribution in [-0.4, -0.2) is 36.2 Å². The Morgan fingerprint density at radius 1 is 0.926 bits per heavy atom. The first-order valence-electron chi connectivity index (χ1n) is 11.0. The molecule has 0 unspecified atom stereocenters. The molecule has 1 heterocycles. The summed E-state index contributed by atoms with van der Waals surface area (Å²) in [6.07, 6.45) is 9.45. The Labute approximate surface area is 171 Å². The fourth-order valence-corrected chi connectivity index (χ4v) is 19.8. The summed E-state index contributed by atoms with van der Waals surface area (Å²) in [5, 5.41) is 9.75. The van der Waals surface area contributed by atoms with Gasteiger partial charge in [0.25, 0.3) is 0 Å². The van der Waals surface area contributed by atoms with Crippen LogP contribution in [0.5, 0.6) is 0 Å². The number of nitrogens with zero attached hydrogens (tertiary/aromatic N) is 2. The number of hydrogen-bond acceptors (Lipinski definition) is 3. The fraction of sp³-hybridized carbons (Fsp3) is 0.773.